The highest BCUT2D eigenvalue weighted by atomic mass is 35.5. The second-order valence-corrected chi connectivity index (χ2v) is 10.4. The molecule has 0 spiro atoms. The zero-order valence-electron chi connectivity index (χ0n) is 20.2. The van der Waals surface area contributed by atoms with Gasteiger partial charge in [0.25, 0.3) is 5.92 Å². The standard InChI is InChI=1S/C26H35Cl2F2N3O2/c1-2-3-9-22-23(18-10-12-21(13-11-18)35-20-7-5-4-6-8-20)24(27)25(33(28)32-22)34-17-19-16-31-15-14-26(19,29)30/h10-13,19-20,23,31H,2-9,14-17H2,1H3. The Morgan fingerprint density at radius 2 is 1.91 bits per heavy atom. The van der Waals surface area contributed by atoms with E-state index in [9.17, 15) is 8.78 Å². The van der Waals surface area contributed by atoms with E-state index in [1.54, 1.807) is 0 Å². The summed E-state index contributed by atoms with van der Waals surface area (Å²) in [6, 6.07) is 7.92. The molecule has 2 unspecified atom stereocenters. The Bertz CT molecular complexity index is 904. The van der Waals surface area contributed by atoms with E-state index in [1.807, 2.05) is 24.3 Å². The quantitative estimate of drug-likeness (QED) is 0.344. The molecule has 3 aliphatic rings. The Morgan fingerprint density at radius 1 is 1.17 bits per heavy atom. The number of alkyl halides is 2. The zero-order valence-corrected chi connectivity index (χ0v) is 21.8. The molecule has 1 aromatic carbocycles. The summed E-state index contributed by atoms with van der Waals surface area (Å²) < 4.78 is 41.7. The van der Waals surface area contributed by atoms with Crippen molar-refractivity contribution in [3.05, 3.63) is 40.7 Å². The summed E-state index contributed by atoms with van der Waals surface area (Å²) in [5.41, 5.74) is 1.76. The predicted molar refractivity (Wildman–Crippen MR) is 136 cm³/mol. The van der Waals surface area contributed by atoms with Crippen LogP contribution in [0.5, 0.6) is 5.75 Å². The topological polar surface area (TPSA) is 46.1 Å². The molecule has 1 N–H and O–H groups in total. The first-order valence-electron chi connectivity index (χ1n) is 12.8. The minimum atomic E-state index is -2.80. The van der Waals surface area contributed by atoms with Crippen LogP contribution in [-0.4, -0.2) is 42.0 Å². The fourth-order valence-electron chi connectivity index (χ4n) is 4.95. The first-order valence-corrected chi connectivity index (χ1v) is 13.5. The number of piperidine rings is 1. The molecule has 2 fully saturated rings. The summed E-state index contributed by atoms with van der Waals surface area (Å²) >= 11 is 13.2. The number of nitrogens with zero attached hydrogens (tertiary/aromatic N) is 2. The zero-order chi connectivity index (χ0) is 24.8. The van der Waals surface area contributed by atoms with E-state index in [-0.39, 0.29) is 37.5 Å². The Morgan fingerprint density at radius 3 is 2.60 bits per heavy atom. The van der Waals surface area contributed by atoms with Crippen molar-refractivity contribution in [1.82, 2.24) is 9.84 Å². The van der Waals surface area contributed by atoms with Crippen molar-refractivity contribution < 1.29 is 18.3 Å². The van der Waals surface area contributed by atoms with Gasteiger partial charge in [0.1, 0.15) is 5.75 Å². The third-order valence-corrected chi connectivity index (χ3v) is 7.68. The van der Waals surface area contributed by atoms with Gasteiger partial charge in [-0.3, -0.25) is 0 Å². The minimum Gasteiger partial charge on any atom is -0.490 e. The van der Waals surface area contributed by atoms with Crippen molar-refractivity contribution in [2.24, 2.45) is 11.0 Å². The van der Waals surface area contributed by atoms with Crippen molar-refractivity contribution in [2.45, 2.75) is 82.7 Å². The van der Waals surface area contributed by atoms with E-state index in [1.165, 1.54) is 19.3 Å². The molecule has 0 amide bonds. The first kappa shape index (κ1) is 26.5. The second-order valence-electron chi connectivity index (χ2n) is 9.71. The van der Waals surface area contributed by atoms with Crippen LogP contribution < -0.4 is 10.1 Å². The fraction of sp³-hybridized carbons (Fsp3) is 0.654. The Balaban J connectivity index is 1.52. The van der Waals surface area contributed by atoms with Crippen molar-refractivity contribution in [3.8, 4) is 5.75 Å². The van der Waals surface area contributed by atoms with E-state index in [4.69, 9.17) is 32.9 Å². The molecule has 4 rings (SSSR count). The SMILES string of the molecule is CCCCC1=NN(Cl)C(OCC2CNCCC2(F)F)=C(Cl)C1c1ccc(OC2CCCCC2)cc1. The number of halogens is 4. The molecule has 1 saturated heterocycles. The maximum atomic E-state index is 14.3. The number of unbranched alkanes of at least 4 members (excludes halogenated alkanes) is 1. The number of hydrogen-bond acceptors (Lipinski definition) is 5. The monoisotopic (exact) mass is 529 g/mol. The number of allylic oxidation sites excluding steroid dienone is 1. The molecule has 0 bridgehead atoms. The molecule has 5 nitrogen and oxygen atoms in total. The highest BCUT2D eigenvalue weighted by Gasteiger charge is 2.43. The average Bonchev–Trinajstić information content (AvgIpc) is 2.84. The highest BCUT2D eigenvalue weighted by molar-refractivity contribution is 6.33. The largest absolute Gasteiger partial charge is 0.490 e. The lowest BCUT2D eigenvalue weighted by atomic mass is 9.90. The Hall–Kier alpha value is -1.57. The summed E-state index contributed by atoms with van der Waals surface area (Å²) in [6.07, 6.45) is 8.60. The summed E-state index contributed by atoms with van der Waals surface area (Å²) in [5, 5.41) is 7.90. The van der Waals surface area contributed by atoms with E-state index in [0.717, 1.165) is 53.7 Å². The molecule has 1 aliphatic carbocycles. The lowest BCUT2D eigenvalue weighted by molar-refractivity contribution is -0.100. The molecular formula is C26H35Cl2F2N3O2. The second kappa shape index (κ2) is 12.1. The van der Waals surface area contributed by atoms with Gasteiger partial charge in [-0.1, -0.05) is 43.5 Å². The third kappa shape index (κ3) is 6.60. The lowest BCUT2D eigenvalue weighted by Crippen LogP contribution is -2.46. The number of hydrogen-bond donors (Lipinski definition) is 1. The Kier molecular flexibility index (Phi) is 9.17. The number of nitrogens with one attached hydrogen (secondary N) is 1. The van der Waals surface area contributed by atoms with Crippen LogP contribution in [0.15, 0.2) is 40.3 Å². The normalized spacial score (nSPS) is 25.4. The van der Waals surface area contributed by atoms with Crippen LogP contribution in [0, 0.1) is 5.92 Å². The average molecular weight is 530 g/mol. The van der Waals surface area contributed by atoms with E-state index < -0.39 is 11.8 Å². The molecule has 2 heterocycles. The van der Waals surface area contributed by atoms with Gasteiger partial charge in [-0.25, -0.2) is 8.78 Å². The van der Waals surface area contributed by atoms with Gasteiger partial charge < -0.3 is 14.8 Å². The minimum absolute atomic E-state index is 0.113. The van der Waals surface area contributed by atoms with Crippen LogP contribution >= 0.6 is 23.4 Å². The summed E-state index contributed by atoms with van der Waals surface area (Å²) in [7, 11) is 0. The van der Waals surface area contributed by atoms with Crippen LogP contribution in [0.4, 0.5) is 8.78 Å². The highest BCUT2D eigenvalue weighted by Crippen LogP contribution is 2.40. The first-order chi connectivity index (χ1) is 16.9. The van der Waals surface area contributed by atoms with E-state index in [2.05, 4.69) is 17.3 Å². The van der Waals surface area contributed by atoms with Gasteiger partial charge in [0.05, 0.1) is 35.3 Å². The molecule has 194 valence electrons. The molecule has 0 radical (unpaired) electrons. The summed E-state index contributed by atoms with van der Waals surface area (Å²) in [4.78, 5) is 0. The lowest BCUT2D eigenvalue weighted by Gasteiger charge is -2.34. The summed E-state index contributed by atoms with van der Waals surface area (Å²) in [6.45, 7) is 2.38. The van der Waals surface area contributed by atoms with Crippen molar-refractivity contribution in [2.75, 3.05) is 19.7 Å². The van der Waals surface area contributed by atoms with Gasteiger partial charge >= 0.3 is 0 Å². The maximum Gasteiger partial charge on any atom is 0.256 e. The van der Waals surface area contributed by atoms with Crippen molar-refractivity contribution in [3.63, 3.8) is 0 Å². The third-order valence-electron chi connectivity index (χ3n) is 7.07. The summed E-state index contributed by atoms with van der Waals surface area (Å²) in [5.74, 6) is -3.15. The molecule has 9 heteroatoms. The number of ether oxygens (including phenoxy) is 2. The molecule has 2 atom stereocenters. The number of benzene rings is 1. The maximum absolute atomic E-state index is 14.3. The smallest absolute Gasteiger partial charge is 0.256 e. The van der Waals surface area contributed by atoms with Gasteiger partial charge in [-0.15, -0.1) is 4.53 Å². The van der Waals surface area contributed by atoms with E-state index >= 15 is 0 Å². The van der Waals surface area contributed by atoms with Crippen molar-refractivity contribution in [1.29, 1.82) is 0 Å². The predicted octanol–water partition coefficient (Wildman–Crippen LogP) is 7.17. The van der Waals surface area contributed by atoms with Gasteiger partial charge in [-0.05, 0) is 56.2 Å². The van der Waals surface area contributed by atoms with Crippen molar-refractivity contribution >= 4 is 29.1 Å². The fourth-order valence-corrected chi connectivity index (χ4v) is 5.61. The molecule has 2 aliphatic heterocycles. The van der Waals surface area contributed by atoms with Gasteiger partial charge in [0.2, 0.25) is 5.88 Å². The van der Waals surface area contributed by atoms with Crippen LogP contribution in [0.25, 0.3) is 0 Å². The van der Waals surface area contributed by atoms with Crippen LogP contribution in [0.2, 0.25) is 0 Å². The molecule has 1 aromatic rings. The van der Waals surface area contributed by atoms with Crippen LogP contribution in [-0.2, 0) is 4.74 Å². The molecule has 1 saturated carbocycles. The van der Waals surface area contributed by atoms with Gasteiger partial charge in [0, 0.05) is 31.3 Å². The number of rotatable bonds is 9. The van der Waals surface area contributed by atoms with E-state index in [0.29, 0.717) is 11.6 Å². The van der Waals surface area contributed by atoms with Crippen LogP contribution in [0.3, 0.4) is 0 Å². The number of hydrazone groups is 1. The van der Waals surface area contributed by atoms with Gasteiger partial charge in [-0.2, -0.15) is 5.10 Å². The molecule has 0 aromatic heterocycles. The van der Waals surface area contributed by atoms with Gasteiger partial charge in [0.15, 0.2) is 0 Å². The molecule has 35 heavy (non-hydrogen) atoms. The molecular weight excluding hydrogens is 495 g/mol. The van der Waals surface area contributed by atoms with Crippen LogP contribution in [0.1, 0.15) is 76.2 Å². The Labute approximate surface area is 216 Å².